The van der Waals surface area contributed by atoms with Gasteiger partial charge in [0.25, 0.3) is 5.91 Å². The van der Waals surface area contributed by atoms with E-state index in [0.29, 0.717) is 31.9 Å². The summed E-state index contributed by atoms with van der Waals surface area (Å²) >= 11 is 0. The quantitative estimate of drug-likeness (QED) is 0.741. The van der Waals surface area contributed by atoms with Gasteiger partial charge >= 0.3 is 0 Å². The number of carbonyl (C=O) groups is 2. The molecule has 1 fully saturated rings. The van der Waals surface area contributed by atoms with E-state index >= 15 is 0 Å². The van der Waals surface area contributed by atoms with Crippen molar-refractivity contribution in [1.82, 2.24) is 24.9 Å². The molecule has 162 valence electrons. The molecule has 0 spiro atoms. The summed E-state index contributed by atoms with van der Waals surface area (Å²) in [4.78, 5) is 29.3. The Bertz CT molecular complexity index is 895. The van der Waals surface area contributed by atoms with Gasteiger partial charge in [0.05, 0.1) is 7.11 Å². The van der Waals surface area contributed by atoms with Crippen molar-refractivity contribution in [2.24, 2.45) is 0 Å². The molecule has 1 aliphatic heterocycles. The van der Waals surface area contributed by atoms with Gasteiger partial charge in [-0.25, -0.2) is 0 Å². The highest BCUT2D eigenvalue weighted by Gasteiger charge is 2.33. The van der Waals surface area contributed by atoms with Crippen molar-refractivity contribution >= 4 is 11.8 Å². The number of amides is 2. The molecule has 1 aliphatic rings. The second-order valence-corrected chi connectivity index (χ2v) is 7.65. The first-order chi connectivity index (χ1) is 14.4. The zero-order chi connectivity index (χ0) is 21.7. The molecular weight excluding hydrogens is 382 g/mol. The Kier molecular flexibility index (Phi) is 7.10. The predicted octanol–water partition coefficient (Wildman–Crippen LogP) is 1.34. The fourth-order valence-electron chi connectivity index (χ4n) is 3.70. The lowest BCUT2D eigenvalue weighted by Crippen LogP contribution is -2.58. The molecule has 2 amide bonds. The largest absolute Gasteiger partial charge is 0.496 e. The summed E-state index contributed by atoms with van der Waals surface area (Å²) in [5.74, 6) is 0.682. The molecule has 3 rings (SSSR count). The van der Waals surface area contributed by atoms with E-state index in [-0.39, 0.29) is 17.9 Å². The van der Waals surface area contributed by atoms with E-state index in [9.17, 15) is 9.59 Å². The number of aromatic nitrogens is 2. The van der Waals surface area contributed by atoms with Gasteiger partial charge in [0.15, 0.2) is 0 Å². The van der Waals surface area contributed by atoms with Crippen LogP contribution in [0.2, 0.25) is 0 Å². The van der Waals surface area contributed by atoms with E-state index in [1.54, 1.807) is 29.0 Å². The van der Waals surface area contributed by atoms with Crippen LogP contribution in [0, 0.1) is 6.92 Å². The van der Waals surface area contributed by atoms with E-state index in [0.717, 1.165) is 29.8 Å². The van der Waals surface area contributed by atoms with Crippen molar-refractivity contribution in [1.29, 1.82) is 0 Å². The number of carbonyl (C=O) groups excluding carboxylic acids is 2. The van der Waals surface area contributed by atoms with Gasteiger partial charge in [0, 0.05) is 38.9 Å². The summed E-state index contributed by atoms with van der Waals surface area (Å²) < 4.78 is 7.02. The number of rotatable bonds is 7. The minimum atomic E-state index is -0.367. The highest BCUT2D eigenvalue weighted by molar-refractivity contribution is 5.93. The normalized spacial score (nSPS) is 17.1. The van der Waals surface area contributed by atoms with Gasteiger partial charge in [0.1, 0.15) is 17.5 Å². The third-order valence-corrected chi connectivity index (χ3v) is 5.59. The summed E-state index contributed by atoms with van der Waals surface area (Å²) in [5.41, 5.74) is 2.65. The second kappa shape index (κ2) is 9.75. The van der Waals surface area contributed by atoms with E-state index < -0.39 is 0 Å². The molecule has 0 bridgehead atoms. The molecule has 8 nitrogen and oxygen atoms in total. The summed E-state index contributed by atoms with van der Waals surface area (Å²) in [6.07, 6.45) is 2.54. The zero-order valence-electron chi connectivity index (χ0n) is 18.2. The van der Waals surface area contributed by atoms with E-state index in [1.165, 1.54) is 0 Å². The number of ether oxygens (including phenoxy) is 1. The van der Waals surface area contributed by atoms with Gasteiger partial charge in [-0.2, -0.15) is 5.10 Å². The Morgan fingerprint density at radius 3 is 2.73 bits per heavy atom. The van der Waals surface area contributed by atoms with Crippen LogP contribution in [-0.4, -0.2) is 77.8 Å². The molecule has 1 aromatic heterocycles. The number of likely N-dealkylation sites (N-methyl/N-ethyl adjacent to an activating group) is 1. The van der Waals surface area contributed by atoms with Crippen LogP contribution < -0.4 is 10.1 Å². The third-order valence-electron chi connectivity index (χ3n) is 5.59. The Balaban J connectivity index is 1.55. The van der Waals surface area contributed by atoms with Crippen molar-refractivity contribution in [3.05, 3.63) is 47.3 Å². The smallest absolute Gasteiger partial charge is 0.274 e. The first kappa shape index (κ1) is 21.8. The molecule has 2 heterocycles. The first-order valence-corrected chi connectivity index (χ1v) is 10.4. The van der Waals surface area contributed by atoms with Crippen LogP contribution >= 0.6 is 0 Å². The van der Waals surface area contributed by atoms with Crippen LogP contribution in [0.5, 0.6) is 5.75 Å². The van der Waals surface area contributed by atoms with Crippen LogP contribution in [0.4, 0.5) is 0 Å². The van der Waals surface area contributed by atoms with Gasteiger partial charge < -0.3 is 15.0 Å². The standard InChI is InChI=1S/C22H31N5O3/c1-5-27-11-9-18(24-27)22(29)26-13-12-25(3)19(15-26)21(28)23-10-8-17-6-7-20(30-4)16(2)14-17/h6-7,9,11,14,19H,5,8,10,12-13,15H2,1-4H3,(H,23,28). The Hall–Kier alpha value is -2.87. The summed E-state index contributed by atoms with van der Waals surface area (Å²) in [5, 5.41) is 7.32. The topological polar surface area (TPSA) is 79.7 Å². The Morgan fingerprint density at radius 1 is 1.27 bits per heavy atom. The molecule has 1 N–H and O–H groups in total. The molecule has 1 aromatic carbocycles. The van der Waals surface area contributed by atoms with Gasteiger partial charge in [-0.05, 0) is 50.6 Å². The van der Waals surface area contributed by atoms with Crippen LogP contribution in [0.3, 0.4) is 0 Å². The number of nitrogens with zero attached hydrogens (tertiary/aromatic N) is 4. The molecule has 30 heavy (non-hydrogen) atoms. The Morgan fingerprint density at radius 2 is 2.07 bits per heavy atom. The van der Waals surface area contributed by atoms with Crippen molar-refractivity contribution in [2.45, 2.75) is 32.9 Å². The SMILES string of the molecule is CCn1ccc(C(=O)N2CCN(C)C(C(=O)NCCc3ccc(OC)c(C)c3)C2)n1. The Labute approximate surface area is 177 Å². The fourth-order valence-corrected chi connectivity index (χ4v) is 3.70. The number of hydrogen-bond donors (Lipinski definition) is 1. The molecule has 1 atom stereocenters. The van der Waals surface area contributed by atoms with Gasteiger partial charge in [-0.15, -0.1) is 0 Å². The van der Waals surface area contributed by atoms with Gasteiger partial charge in [-0.3, -0.25) is 19.2 Å². The fraction of sp³-hybridized carbons (Fsp3) is 0.500. The highest BCUT2D eigenvalue weighted by Crippen LogP contribution is 2.18. The maximum atomic E-state index is 12.8. The molecular formula is C22H31N5O3. The van der Waals surface area contributed by atoms with Crippen LogP contribution in [0.1, 0.15) is 28.5 Å². The average molecular weight is 414 g/mol. The predicted molar refractivity (Wildman–Crippen MR) is 115 cm³/mol. The molecule has 0 radical (unpaired) electrons. The number of aryl methyl sites for hydroxylation is 2. The van der Waals surface area contributed by atoms with Crippen LogP contribution in [0.15, 0.2) is 30.5 Å². The van der Waals surface area contributed by atoms with Gasteiger partial charge in [-0.1, -0.05) is 12.1 Å². The molecule has 8 heteroatoms. The maximum Gasteiger partial charge on any atom is 0.274 e. The third kappa shape index (κ3) is 4.99. The first-order valence-electron chi connectivity index (χ1n) is 10.4. The minimum Gasteiger partial charge on any atom is -0.496 e. The second-order valence-electron chi connectivity index (χ2n) is 7.65. The lowest BCUT2D eigenvalue weighted by molar-refractivity contribution is -0.127. The van der Waals surface area contributed by atoms with Crippen molar-refractivity contribution in [2.75, 3.05) is 40.3 Å². The number of benzene rings is 1. The average Bonchev–Trinajstić information content (AvgIpc) is 3.23. The summed E-state index contributed by atoms with van der Waals surface area (Å²) in [7, 11) is 3.58. The molecule has 1 saturated heterocycles. The molecule has 0 aliphatic carbocycles. The van der Waals surface area contributed by atoms with E-state index in [1.807, 2.05) is 37.9 Å². The van der Waals surface area contributed by atoms with E-state index in [4.69, 9.17) is 4.74 Å². The molecule has 0 saturated carbocycles. The zero-order valence-corrected chi connectivity index (χ0v) is 18.2. The van der Waals surface area contributed by atoms with Crippen molar-refractivity contribution in [3.8, 4) is 5.75 Å². The monoisotopic (exact) mass is 413 g/mol. The summed E-state index contributed by atoms with van der Waals surface area (Å²) in [6, 6.07) is 7.41. The molecule has 2 aromatic rings. The van der Waals surface area contributed by atoms with Crippen molar-refractivity contribution < 1.29 is 14.3 Å². The highest BCUT2D eigenvalue weighted by atomic mass is 16.5. The number of hydrogen-bond acceptors (Lipinski definition) is 5. The number of nitrogens with one attached hydrogen (secondary N) is 1. The molecule has 1 unspecified atom stereocenters. The minimum absolute atomic E-state index is 0.0562. The van der Waals surface area contributed by atoms with Crippen molar-refractivity contribution in [3.63, 3.8) is 0 Å². The number of methoxy groups -OCH3 is 1. The number of piperazine rings is 1. The maximum absolute atomic E-state index is 12.8. The van der Waals surface area contributed by atoms with Gasteiger partial charge in [0.2, 0.25) is 5.91 Å². The van der Waals surface area contributed by atoms with E-state index in [2.05, 4.69) is 16.5 Å². The van der Waals surface area contributed by atoms with Crippen LogP contribution in [0.25, 0.3) is 0 Å². The lowest BCUT2D eigenvalue weighted by atomic mass is 10.1. The summed E-state index contributed by atoms with van der Waals surface area (Å²) in [6.45, 7) is 6.84. The lowest BCUT2D eigenvalue weighted by Gasteiger charge is -2.38. The van der Waals surface area contributed by atoms with Crippen LogP contribution in [-0.2, 0) is 17.8 Å².